The number of hydrogen-bond acceptors (Lipinski definition) is 2. The van der Waals surface area contributed by atoms with Gasteiger partial charge in [-0.25, -0.2) is 9.59 Å². The number of fused-ring (bicyclic) bond motifs is 4. The first-order valence-corrected chi connectivity index (χ1v) is 7.41. The van der Waals surface area contributed by atoms with Crippen LogP contribution in [0.1, 0.15) is 20.7 Å². The molecule has 0 fully saturated rings. The molecule has 25 heavy (non-hydrogen) atoms. The van der Waals surface area contributed by atoms with Gasteiger partial charge < -0.3 is 10.2 Å². The molecule has 4 aromatic rings. The number of halogens is 1. The van der Waals surface area contributed by atoms with Gasteiger partial charge in [0.15, 0.2) is 0 Å². The molecule has 0 bridgehead atoms. The number of hydrogen-bond donors (Lipinski definition) is 2. The van der Waals surface area contributed by atoms with Crippen molar-refractivity contribution in [2.75, 3.05) is 0 Å². The van der Waals surface area contributed by atoms with Gasteiger partial charge in [-0.2, -0.15) is 0 Å². The zero-order chi connectivity index (χ0) is 16.8. The molecule has 0 aliphatic carbocycles. The SMILES string of the molecule is Cl.O=C(O)c1ccc2ccc3cc4ccccc4cc3c2c1C(=O)O. The first-order valence-electron chi connectivity index (χ1n) is 7.41. The summed E-state index contributed by atoms with van der Waals surface area (Å²) in [5, 5.41) is 23.8. The van der Waals surface area contributed by atoms with E-state index in [1.807, 2.05) is 48.5 Å². The average Bonchev–Trinajstić information content (AvgIpc) is 2.58. The number of carboxylic acids is 2. The summed E-state index contributed by atoms with van der Waals surface area (Å²) < 4.78 is 0. The van der Waals surface area contributed by atoms with Gasteiger partial charge in [0.1, 0.15) is 0 Å². The Hall–Kier alpha value is -3.11. The van der Waals surface area contributed by atoms with E-state index in [2.05, 4.69) is 0 Å². The van der Waals surface area contributed by atoms with Crippen molar-refractivity contribution in [3.63, 3.8) is 0 Å². The minimum Gasteiger partial charge on any atom is -0.478 e. The van der Waals surface area contributed by atoms with Crippen LogP contribution in [0.25, 0.3) is 32.3 Å². The third kappa shape index (κ3) is 2.57. The smallest absolute Gasteiger partial charge is 0.337 e. The van der Waals surface area contributed by atoms with Crippen molar-refractivity contribution < 1.29 is 19.8 Å². The van der Waals surface area contributed by atoms with Crippen LogP contribution >= 0.6 is 12.4 Å². The van der Waals surface area contributed by atoms with Crippen molar-refractivity contribution in [3.05, 3.63) is 71.8 Å². The van der Waals surface area contributed by atoms with Crippen LogP contribution in [0.4, 0.5) is 0 Å². The van der Waals surface area contributed by atoms with Crippen LogP contribution in [0, 0.1) is 0 Å². The Kier molecular flexibility index (Phi) is 4.07. The highest BCUT2D eigenvalue weighted by atomic mass is 35.5. The molecular weight excluding hydrogens is 340 g/mol. The number of rotatable bonds is 2. The predicted octanol–water partition coefficient (Wildman–Crippen LogP) is 4.96. The predicted molar refractivity (Wildman–Crippen MR) is 100 cm³/mol. The van der Waals surface area contributed by atoms with Gasteiger partial charge in [0.05, 0.1) is 11.1 Å². The van der Waals surface area contributed by atoms with Gasteiger partial charge in [-0.3, -0.25) is 0 Å². The number of carboxylic acid groups (broad SMARTS) is 2. The van der Waals surface area contributed by atoms with Crippen molar-refractivity contribution in [2.24, 2.45) is 0 Å². The van der Waals surface area contributed by atoms with Gasteiger partial charge in [0.2, 0.25) is 0 Å². The summed E-state index contributed by atoms with van der Waals surface area (Å²) in [4.78, 5) is 23.2. The third-order valence-corrected chi connectivity index (χ3v) is 4.31. The van der Waals surface area contributed by atoms with Crippen LogP contribution in [-0.2, 0) is 0 Å². The molecule has 0 aliphatic heterocycles. The Bertz CT molecular complexity index is 1160. The molecule has 0 atom stereocenters. The first-order chi connectivity index (χ1) is 11.6. The lowest BCUT2D eigenvalue weighted by molar-refractivity contribution is 0.0653. The molecule has 0 saturated heterocycles. The summed E-state index contributed by atoms with van der Waals surface area (Å²) in [5.41, 5.74) is -0.364. The van der Waals surface area contributed by atoms with Gasteiger partial charge in [0, 0.05) is 5.39 Å². The summed E-state index contributed by atoms with van der Waals surface area (Å²) in [6.45, 7) is 0. The molecule has 4 nitrogen and oxygen atoms in total. The number of aromatic carboxylic acids is 2. The highest BCUT2D eigenvalue weighted by Crippen LogP contribution is 2.33. The summed E-state index contributed by atoms with van der Waals surface area (Å²) in [6.07, 6.45) is 0. The standard InChI is InChI=1S/C20H12O4.ClH/c21-19(22)15-8-7-11-5-6-14-9-12-3-1-2-4-13(12)10-16(14)17(11)18(15)20(23)24;/h1-10H,(H,21,22)(H,23,24);1H. The normalized spacial score (nSPS) is 10.7. The molecule has 0 unspecified atom stereocenters. The van der Waals surface area contributed by atoms with E-state index in [1.165, 1.54) is 6.07 Å². The van der Waals surface area contributed by atoms with E-state index >= 15 is 0 Å². The molecule has 4 aromatic carbocycles. The van der Waals surface area contributed by atoms with Gasteiger partial charge in [-0.1, -0.05) is 42.5 Å². The van der Waals surface area contributed by atoms with Crippen LogP contribution in [0.15, 0.2) is 60.7 Å². The van der Waals surface area contributed by atoms with Crippen LogP contribution in [0.5, 0.6) is 0 Å². The Morgan fingerprint density at radius 1 is 0.680 bits per heavy atom. The van der Waals surface area contributed by atoms with Crippen LogP contribution in [0.3, 0.4) is 0 Å². The minimum atomic E-state index is -1.24. The summed E-state index contributed by atoms with van der Waals surface area (Å²) >= 11 is 0. The highest BCUT2D eigenvalue weighted by Gasteiger charge is 2.20. The first kappa shape index (κ1) is 16.7. The highest BCUT2D eigenvalue weighted by molar-refractivity contribution is 6.21. The van der Waals surface area contributed by atoms with Crippen molar-refractivity contribution in [1.82, 2.24) is 0 Å². The van der Waals surface area contributed by atoms with Crippen molar-refractivity contribution in [2.45, 2.75) is 0 Å². The maximum Gasteiger partial charge on any atom is 0.337 e. The molecule has 4 rings (SSSR count). The van der Waals surface area contributed by atoms with Gasteiger partial charge in [-0.05, 0) is 45.1 Å². The van der Waals surface area contributed by atoms with Gasteiger partial charge in [-0.15, -0.1) is 12.4 Å². The fourth-order valence-electron chi connectivity index (χ4n) is 3.24. The van der Waals surface area contributed by atoms with E-state index in [9.17, 15) is 19.8 Å². The van der Waals surface area contributed by atoms with Crippen molar-refractivity contribution >= 4 is 56.7 Å². The van der Waals surface area contributed by atoms with Gasteiger partial charge in [0.25, 0.3) is 0 Å². The molecule has 124 valence electrons. The van der Waals surface area contributed by atoms with Crippen LogP contribution in [-0.4, -0.2) is 22.2 Å². The van der Waals surface area contributed by atoms with Crippen LogP contribution in [0.2, 0.25) is 0 Å². The maximum absolute atomic E-state index is 11.8. The van der Waals surface area contributed by atoms with E-state index in [0.29, 0.717) is 10.8 Å². The Balaban J connectivity index is 0.00000182. The fraction of sp³-hybridized carbons (Fsp3) is 0. The zero-order valence-corrected chi connectivity index (χ0v) is 13.7. The molecule has 0 saturated carbocycles. The Morgan fingerprint density at radius 3 is 1.92 bits per heavy atom. The average molecular weight is 353 g/mol. The molecule has 2 N–H and O–H groups in total. The molecule has 0 aromatic heterocycles. The molecule has 0 heterocycles. The zero-order valence-electron chi connectivity index (χ0n) is 12.9. The second-order valence-corrected chi connectivity index (χ2v) is 5.68. The van der Waals surface area contributed by atoms with E-state index in [0.717, 1.165) is 21.5 Å². The largest absolute Gasteiger partial charge is 0.478 e. The van der Waals surface area contributed by atoms with Crippen molar-refractivity contribution in [3.8, 4) is 0 Å². The molecular formula is C20H13ClO4. The molecule has 0 aliphatic rings. The lowest BCUT2D eigenvalue weighted by Crippen LogP contribution is -2.08. The Labute approximate surface area is 148 Å². The lowest BCUT2D eigenvalue weighted by Gasteiger charge is -2.11. The molecule has 0 amide bonds. The monoisotopic (exact) mass is 352 g/mol. The molecule has 0 spiro atoms. The maximum atomic E-state index is 11.8. The second kappa shape index (κ2) is 6.07. The topological polar surface area (TPSA) is 74.6 Å². The fourth-order valence-corrected chi connectivity index (χ4v) is 3.24. The summed E-state index contributed by atoms with van der Waals surface area (Å²) in [6, 6.07) is 18.5. The van der Waals surface area contributed by atoms with E-state index in [4.69, 9.17) is 0 Å². The molecule has 0 radical (unpaired) electrons. The van der Waals surface area contributed by atoms with Crippen molar-refractivity contribution in [1.29, 1.82) is 0 Å². The lowest BCUT2D eigenvalue weighted by atomic mass is 9.92. The number of benzene rings is 4. The quantitative estimate of drug-likeness (QED) is 0.395. The second-order valence-electron chi connectivity index (χ2n) is 5.68. The summed E-state index contributed by atoms with van der Waals surface area (Å²) in [5.74, 6) is -2.48. The number of carbonyl (C=O) groups is 2. The molecule has 5 heteroatoms. The van der Waals surface area contributed by atoms with E-state index in [1.54, 1.807) is 6.07 Å². The van der Waals surface area contributed by atoms with Gasteiger partial charge >= 0.3 is 11.9 Å². The Morgan fingerprint density at radius 2 is 1.28 bits per heavy atom. The van der Waals surface area contributed by atoms with E-state index in [-0.39, 0.29) is 23.5 Å². The van der Waals surface area contributed by atoms with E-state index < -0.39 is 11.9 Å². The third-order valence-electron chi connectivity index (χ3n) is 4.31. The minimum absolute atomic E-state index is 0. The van der Waals surface area contributed by atoms with Crippen LogP contribution < -0.4 is 0 Å². The summed E-state index contributed by atoms with van der Waals surface area (Å²) in [7, 11) is 0.